The van der Waals surface area contributed by atoms with Crippen molar-refractivity contribution in [2.45, 2.75) is 10.6 Å². The van der Waals surface area contributed by atoms with Crippen molar-refractivity contribution < 1.29 is 9.53 Å². The lowest BCUT2D eigenvalue weighted by Crippen LogP contribution is -1.96. The van der Waals surface area contributed by atoms with Crippen LogP contribution in [0.25, 0.3) is 0 Å². The summed E-state index contributed by atoms with van der Waals surface area (Å²) in [5.41, 5.74) is 0. The zero-order valence-electron chi connectivity index (χ0n) is 9.55. The molecule has 0 spiro atoms. The lowest BCUT2D eigenvalue weighted by Gasteiger charge is -2.01. The highest BCUT2D eigenvalue weighted by Gasteiger charge is 2.11. The van der Waals surface area contributed by atoms with Crippen LogP contribution in [0.4, 0.5) is 0 Å². The molecule has 1 aromatic heterocycles. The molecule has 0 unspecified atom stereocenters. The maximum Gasteiger partial charge on any atom is 0.349 e. The number of thioether (sulfide) groups is 1. The first-order valence-corrected chi connectivity index (χ1v) is 7.29. The van der Waals surface area contributed by atoms with E-state index in [1.807, 2.05) is 24.3 Å². The van der Waals surface area contributed by atoms with Gasteiger partial charge in [-0.15, -0.1) is 23.1 Å². The highest BCUT2D eigenvalue weighted by Crippen LogP contribution is 2.30. The second-order valence-corrected chi connectivity index (χ2v) is 5.87. The predicted octanol–water partition coefficient (Wildman–Crippen LogP) is 3.88. The Bertz CT molecular complexity index is 557. The number of hydrogen-bond acceptors (Lipinski definition) is 5. The van der Waals surface area contributed by atoms with E-state index in [0.29, 0.717) is 10.6 Å². The molecule has 0 saturated carbocycles. The molecule has 0 saturated heterocycles. The van der Waals surface area contributed by atoms with Crippen molar-refractivity contribution in [3.63, 3.8) is 0 Å². The van der Waals surface area contributed by atoms with Gasteiger partial charge in [0.2, 0.25) is 0 Å². The Morgan fingerprint density at radius 1 is 1.50 bits per heavy atom. The molecule has 2 rings (SSSR count). The number of halogens is 1. The zero-order valence-corrected chi connectivity index (χ0v) is 11.9. The van der Waals surface area contributed by atoms with Gasteiger partial charge in [-0.25, -0.2) is 9.78 Å². The first kappa shape index (κ1) is 13.4. The van der Waals surface area contributed by atoms with E-state index < -0.39 is 0 Å². The van der Waals surface area contributed by atoms with Gasteiger partial charge < -0.3 is 4.74 Å². The minimum atomic E-state index is -0.346. The van der Waals surface area contributed by atoms with E-state index in [9.17, 15) is 4.79 Å². The molecule has 94 valence electrons. The van der Waals surface area contributed by atoms with Crippen molar-refractivity contribution in [1.82, 2.24) is 4.98 Å². The van der Waals surface area contributed by atoms with E-state index in [1.54, 1.807) is 18.0 Å². The fourth-order valence-corrected chi connectivity index (χ4v) is 3.35. The normalized spacial score (nSPS) is 10.3. The molecule has 0 N–H and O–H groups in total. The summed E-state index contributed by atoms with van der Waals surface area (Å²) in [5.74, 6) is 0.340. The summed E-state index contributed by atoms with van der Waals surface area (Å²) in [7, 11) is 1.36. The average molecular weight is 300 g/mol. The standard InChI is InChI=1S/C12H10ClNO2S2/c1-16-12(15)10-6-14-11(18-10)7-17-9-5-3-2-4-8(9)13/h2-6H,7H2,1H3. The summed E-state index contributed by atoms with van der Waals surface area (Å²) >= 11 is 8.99. The summed E-state index contributed by atoms with van der Waals surface area (Å²) < 4.78 is 4.64. The molecule has 0 atom stereocenters. The van der Waals surface area contributed by atoms with Crippen molar-refractivity contribution >= 4 is 40.7 Å². The van der Waals surface area contributed by atoms with Crippen molar-refractivity contribution in [3.8, 4) is 0 Å². The summed E-state index contributed by atoms with van der Waals surface area (Å²) in [6.45, 7) is 0. The Morgan fingerprint density at radius 3 is 3.00 bits per heavy atom. The third kappa shape index (κ3) is 3.25. The number of rotatable bonds is 4. The summed E-state index contributed by atoms with van der Waals surface area (Å²) in [4.78, 5) is 17.0. The number of methoxy groups -OCH3 is 1. The van der Waals surface area contributed by atoms with Gasteiger partial charge in [-0.3, -0.25) is 0 Å². The number of carbonyl (C=O) groups is 1. The molecule has 0 radical (unpaired) electrons. The van der Waals surface area contributed by atoms with E-state index in [1.165, 1.54) is 18.4 Å². The third-order valence-electron chi connectivity index (χ3n) is 2.13. The Hall–Kier alpha value is -1.04. The van der Waals surface area contributed by atoms with Crippen molar-refractivity contribution in [1.29, 1.82) is 0 Å². The third-order valence-corrected chi connectivity index (χ3v) is 4.81. The van der Waals surface area contributed by atoms with Crippen LogP contribution < -0.4 is 0 Å². The van der Waals surface area contributed by atoms with Crippen LogP contribution in [0.1, 0.15) is 14.7 Å². The van der Waals surface area contributed by atoms with E-state index >= 15 is 0 Å². The molecule has 1 aromatic carbocycles. The monoisotopic (exact) mass is 299 g/mol. The van der Waals surface area contributed by atoms with Gasteiger partial charge in [-0.1, -0.05) is 23.7 Å². The van der Waals surface area contributed by atoms with Crippen LogP contribution in [0.2, 0.25) is 5.02 Å². The van der Waals surface area contributed by atoms with Gasteiger partial charge in [0.05, 0.1) is 24.1 Å². The smallest absolute Gasteiger partial charge is 0.349 e. The fraction of sp³-hybridized carbons (Fsp3) is 0.167. The maximum atomic E-state index is 11.3. The highest BCUT2D eigenvalue weighted by atomic mass is 35.5. The molecule has 0 aliphatic carbocycles. The average Bonchev–Trinajstić information content (AvgIpc) is 2.86. The van der Waals surface area contributed by atoms with Crippen LogP contribution in [0, 0.1) is 0 Å². The van der Waals surface area contributed by atoms with Crippen LogP contribution in [-0.2, 0) is 10.5 Å². The van der Waals surface area contributed by atoms with Gasteiger partial charge in [0.1, 0.15) is 9.88 Å². The number of hydrogen-bond donors (Lipinski definition) is 0. The van der Waals surface area contributed by atoms with Gasteiger partial charge in [0.25, 0.3) is 0 Å². The van der Waals surface area contributed by atoms with Gasteiger partial charge in [0, 0.05) is 4.90 Å². The molecule has 18 heavy (non-hydrogen) atoms. The molecule has 6 heteroatoms. The first-order valence-electron chi connectivity index (χ1n) is 5.11. The van der Waals surface area contributed by atoms with Crippen molar-refractivity contribution in [2.24, 2.45) is 0 Å². The van der Waals surface area contributed by atoms with E-state index in [-0.39, 0.29) is 5.97 Å². The van der Waals surface area contributed by atoms with E-state index in [0.717, 1.165) is 14.9 Å². The zero-order chi connectivity index (χ0) is 13.0. The second-order valence-electron chi connectivity index (χ2n) is 3.33. The largest absolute Gasteiger partial charge is 0.465 e. The summed E-state index contributed by atoms with van der Waals surface area (Å²) in [6, 6.07) is 7.65. The molecule has 0 aliphatic rings. The number of esters is 1. The molecule has 0 bridgehead atoms. The number of aromatic nitrogens is 1. The van der Waals surface area contributed by atoms with Crippen molar-refractivity contribution in [3.05, 3.63) is 45.4 Å². The molecular formula is C12H10ClNO2S2. The van der Waals surface area contributed by atoms with Gasteiger partial charge in [-0.05, 0) is 12.1 Å². The Labute approximate surface area is 118 Å². The molecule has 0 aliphatic heterocycles. The summed E-state index contributed by atoms with van der Waals surface area (Å²) in [6.07, 6.45) is 1.54. The topological polar surface area (TPSA) is 39.2 Å². The lowest BCUT2D eigenvalue weighted by molar-refractivity contribution is 0.0606. The van der Waals surface area contributed by atoms with Crippen LogP contribution in [-0.4, -0.2) is 18.1 Å². The number of carbonyl (C=O) groups excluding carboxylic acids is 1. The minimum absolute atomic E-state index is 0.346. The molecule has 0 amide bonds. The van der Waals surface area contributed by atoms with E-state index in [4.69, 9.17) is 11.6 Å². The SMILES string of the molecule is COC(=O)c1cnc(CSc2ccccc2Cl)s1. The number of thiazole rings is 1. The van der Waals surface area contributed by atoms with E-state index in [2.05, 4.69) is 9.72 Å². The second kappa shape index (κ2) is 6.22. The van der Waals surface area contributed by atoms with Crippen LogP contribution >= 0.6 is 34.7 Å². The fourth-order valence-electron chi connectivity index (χ4n) is 1.27. The maximum absolute atomic E-state index is 11.3. The Morgan fingerprint density at radius 2 is 2.28 bits per heavy atom. The molecule has 0 fully saturated rings. The Kier molecular flexibility index (Phi) is 4.63. The first-order chi connectivity index (χ1) is 8.70. The van der Waals surface area contributed by atoms with Gasteiger partial charge >= 0.3 is 5.97 Å². The van der Waals surface area contributed by atoms with Crippen LogP contribution in [0.15, 0.2) is 35.4 Å². The number of benzene rings is 1. The van der Waals surface area contributed by atoms with Crippen LogP contribution in [0.3, 0.4) is 0 Å². The highest BCUT2D eigenvalue weighted by molar-refractivity contribution is 7.98. The lowest BCUT2D eigenvalue weighted by atomic mass is 10.4. The molecule has 2 aromatic rings. The van der Waals surface area contributed by atoms with Gasteiger partial charge in [0.15, 0.2) is 0 Å². The Balaban J connectivity index is 2.01. The summed E-state index contributed by atoms with van der Waals surface area (Å²) in [5, 5.41) is 1.60. The predicted molar refractivity (Wildman–Crippen MR) is 74.5 cm³/mol. The quantitative estimate of drug-likeness (QED) is 0.634. The number of nitrogens with zero attached hydrogens (tertiary/aromatic N) is 1. The molecule has 3 nitrogen and oxygen atoms in total. The minimum Gasteiger partial charge on any atom is -0.465 e. The van der Waals surface area contributed by atoms with Gasteiger partial charge in [-0.2, -0.15) is 0 Å². The number of ether oxygens (including phenoxy) is 1. The molecular weight excluding hydrogens is 290 g/mol. The van der Waals surface area contributed by atoms with Crippen LogP contribution in [0.5, 0.6) is 0 Å². The molecule has 1 heterocycles. The van der Waals surface area contributed by atoms with Crippen molar-refractivity contribution in [2.75, 3.05) is 7.11 Å².